The Kier molecular flexibility index (Phi) is 3.63. The normalized spacial score (nSPS) is 21.5. The standard InChI is InChI=1S/C13H16BrN3O/c14-7-12-10-16(5-6-18-12)8-11-9-17-4-2-1-3-13(17)15-11/h1-4,9,12H,5-8,10H2. The van der Waals surface area contributed by atoms with Gasteiger partial charge >= 0.3 is 0 Å². The molecule has 1 unspecified atom stereocenters. The Labute approximate surface area is 115 Å². The van der Waals surface area contributed by atoms with Crippen molar-refractivity contribution >= 4 is 21.6 Å². The molecule has 2 aromatic heterocycles. The van der Waals surface area contributed by atoms with E-state index in [0.717, 1.165) is 42.9 Å². The number of imidazole rings is 1. The van der Waals surface area contributed by atoms with Crippen LogP contribution in [0.3, 0.4) is 0 Å². The third kappa shape index (κ3) is 2.58. The minimum atomic E-state index is 0.302. The molecule has 0 aliphatic carbocycles. The number of aromatic nitrogens is 2. The molecule has 0 amide bonds. The van der Waals surface area contributed by atoms with Gasteiger partial charge in [-0.3, -0.25) is 4.90 Å². The van der Waals surface area contributed by atoms with E-state index >= 15 is 0 Å². The Hall–Kier alpha value is -0.910. The van der Waals surface area contributed by atoms with Gasteiger partial charge < -0.3 is 9.14 Å². The molecule has 0 spiro atoms. The van der Waals surface area contributed by atoms with Gasteiger partial charge in [0.05, 0.1) is 18.4 Å². The number of morpholine rings is 1. The van der Waals surface area contributed by atoms with Gasteiger partial charge in [0.1, 0.15) is 5.65 Å². The van der Waals surface area contributed by atoms with Crippen molar-refractivity contribution in [2.75, 3.05) is 25.0 Å². The number of fused-ring (bicyclic) bond motifs is 1. The van der Waals surface area contributed by atoms with Gasteiger partial charge in [-0.15, -0.1) is 0 Å². The van der Waals surface area contributed by atoms with Crippen LogP contribution in [0.2, 0.25) is 0 Å². The van der Waals surface area contributed by atoms with E-state index in [1.807, 2.05) is 24.4 Å². The number of pyridine rings is 1. The van der Waals surface area contributed by atoms with Crippen LogP contribution < -0.4 is 0 Å². The van der Waals surface area contributed by atoms with Crippen LogP contribution in [-0.2, 0) is 11.3 Å². The maximum Gasteiger partial charge on any atom is 0.137 e. The van der Waals surface area contributed by atoms with Crippen molar-refractivity contribution in [1.82, 2.24) is 14.3 Å². The van der Waals surface area contributed by atoms with Crippen LogP contribution in [0.4, 0.5) is 0 Å². The molecule has 1 fully saturated rings. The average molecular weight is 310 g/mol. The smallest absolute Gasteiger partial charge is 0.137 e. The lowest BCUT2D eigenvalue weighted by Crippen LogP contribution is -2.42. The third-order valence-corrected chi connectivity index (χ3v) is 3.92. The van der Waals surface area contributed by atoms with Gasteiger partial charge in [-0.25, -0.2) is 4.98 Å². The average Bonchev–Trinajstić information content (AvgIpc) is 2.81. The van der Waals surface area contributed by atoms with Crippen LogP contribution in [-0.4, -0.2) is 45.4 Å². The second-order valence-corrected chi connectivity index (χ2v) is 5.23. The molecule has 1 saturated heterocycles. The number of hydrogen-bond acceptors (Lipinski definition) is 3. The quantitative estimate of drug-likeness (QED) is 0.812. The highest BCUT2D eigenvalue weighted by molar-refractivity contribution is 9.09. The zero-order chi connectivity index (χ0) is 12.4. The summed E-state index contributed by atoms with van der Waals surface area (Å²) < 4.78 is 7.71. The Bertz CT molecular complexity index is 495. The number of hydrogen-bond donors (Lipinski definition) is 0. The molecular formula is C13H16BrN3O. The number of ether oxygens (including phenoxy) is 1. The predicted molar refractivity (Wildman–Crippen MR) is 74.0 cm³/mol. The van der Waals surface area contributed by atoms with Crippen LogP contribution >= 0.6 is 15.9 Å². The topological polar surface area (TPSA) is 29.8 Å². The third-order valence-electron chi connectivity index (χ3n) is 3.19. The fourth-order valence-corrected chi connectivity index (χ4v) is 2.70. The van der Waals surface area contributed by atoms with E-state index < -0.39 is 0 Å². The number of rotatable bonds is 3. The summed E-state index contributed by atoms with van der Waals surface area (Å²) in [5, 5.41) is 0.897. The maximum absolute atomic E-state index is 5.64. The minimum Gasteiger partial charge on any atom is -0.375 e. The molecule has 4 nitrogen and oxygen atoms in total. The Morgan fingerprint density at radius 2 is 2.39 bits per heavy atom. The number of alkyl halides is 1. The van der Waals surface area contributed by atoms with Crippen molar-refractivity contribution in [3.8, 4) is 0 Å². The van der Waals surface area contributed by atoms with E-state index in [1.54, 1.807) is 0 Å². The minimum absolute atomic E-state index is 0.302. The zero-order valence-electron chi connectivity index (χ0n) is 10.1. The molecule has 1 aliphatic heterocycles. The molecule has 3 heterocycles. The fourth-order valence-electron chi connectivity index (χ4n) is 2.31. The molecule has 0 saturated carbocycles. The van der Waals surface area contributed by atoms with Gasteiger partial charge in [0.25, 0.3) is 0 Å². The first-order chi connectivity index (χ1) is 8.85. The second kappa shape index (κ2) is 5.38. The van der Waals surface area contributed by atoms with E-state index in [4.69, 9.17) is 4.74 Å². The summed E-state index contributed by atoms with van der Waals surface area (Å²) in [6.07, 6.45) is 4.44. The lowest BCUT2D eigenvalue weighted by Gasteiger charge is -2.31. The van der Waals surface area contributed by atoms with Gasteiger partial charge in [0, 0.05) is 37.4 Å². The van der Waals surface area contributed by atoms with E-state index in [0.29, 0.717) is 6.10 Å². The zero-order valence-corrected chi connectivity index (χ0v) is 11.7. The van der Waals surface area contributed by atoms with Crippen molar-refractivity contribution in [1.29, 1.82) is 0 Å². The van der Waals surface area contributed by atoms with Gasteiger partial charge in [0.15, 0.2) is 0 Å². The summed E-state index contributed by atoms with van der Waals surface area (Å²) in [6, 6.07) is 6.07. The molecule has 96 valence electrons. The van der Waals surface area contributed by atoms with Crippen molar-refractivity contribution in [2.24, 2.45) is 0 Å². The van der Waals surface area contributed by atoms with Gasteiger partial charge in [-0.1, -0.05) is 22.0 Å². The molecule has 0 aromatic carbocycles. The molecule has 1 aliphatic rings. The monoisotopic (exact) mass is 309 g/mol. The van der Waals surface area contributed by atoms with Crippen LogP contribution in [0, 0.1) is 0 Å². The number of nitrogens with zero attached hydrogens (tertiary/aromatic N) is 3. The SMILES string of the molecule is BrCC1CN(Cc2cn3ccccc3n2)CCO1. The van der Waals surface area contributed by atoms with E-state index in [9.17, 15) is 0 Å². The van der Waals surface area contributed by atoms with Crippen LogP contribution in [0.1, 0.15) is 5.69 Å². The maximum atomic E-state index is 5.64. The van der Waals surface area contributed by atoms with Crippen molar-refractivity contribution < 1.29 is 4.74 Å². The van der Waals surface area contributed by atoms with Crippen LogP contribution in [0.25, 0.3) is 5.65 Å². The molecular weight excluding hydrogens is 294 g/mol. The van der Waals surface area contributed by atoms with Crippen LogP contribution in [0.15, 0.2) is 30.6 Å². The Balaban J connectivity index is 1.71. The van der Waals surface area contributed by atoms with Gasteiger partial charge in [-0.2, -0.15) is 0 Å². The molecule has 0 radical (unpaired) electrons. The first-order valence-corrected chi connectivity index (χ1v) is 7.30. The molecule has 3 rings (SSSR count). The van der Waals surface area contributed by atoms with E-state index in [2.05, 4.69) is 36.4 Å². The van der Waals surface area contributed by atoms with Gasteiger partial charge in [0.2, 0.25) is 0 Å². The highest BCUT2D eigenvalue weighted by atomic mass is 79.9. The summed E-state index contributed by atoms with van der Waals surface area (Å²) in [7, 11) is 0. The lowest BCUT2D eigenvalue weighted by atomic mass is 10.3. The molecule has 0 bridgehead atoms. The summed E-state index contributed by atoms with van der Waals surface area (Å²) in [4.78, 5) is 7.03. The molecule has 5 heteroatoms. The van der Waals surface area contributed by atoms with Crippen molar-refractivity contribution in [3.05, 3.63) is 36.3 Å². The predicted octanol–water partition coefficient (Wildman–Crippen LogP) is 1.93. The summed E-state index contributed by atoms with van der Waals surface area (Å²) in [5.74, 6) is 0. The van der Waals surface area contributed by atoms with Crippen LogP contribution in [0.5, 0.6) is 0 Å². The second-order valence-electron chi connectivity index (χ2n) is 4.58. The Morgan fingerprint density at radius 1 is 1.44 bits per heavy atom. The summed E-state index contributed by atoms with van der Waals surface area (Å²) in [5.41, 5.74) is 2.13. The lowest BCUT2D eigenvalue weighted by molar-refractivity contribution is -0.0184. The van der Waals surface area contributed by atoms with Crippen molar-refractivity contribution in [2.45, 2.75) is 12.6 Å². The largest absolute Gasteiger partial charge is 0.375 e. The Morgan fingerprint density at radius 3 is 3.22 bits per heavy atom. The first kappa shape index (κ1) is 12.1. The molecule has 2 aromatic rings. The van der Waals surface area contributed by atoms with Gasteiger partial charge in [-0.05, 0) is 12.1 Å². The molecule has 1 atom stereocenters. The summed E-state index contributed by atoms with van der Waals surface area (Å²) >= 11 is 3.48. The number of halogens is 1. The molecule has 18 heavy (non-hydrogen) atoms. The highest BCUT2D eigenvalue weighted by Crippen LogP contribution is 2.12. The fraction of sp³-hybridized carbons (Fsp3) is 0.462. The van der Waals surface area contributed by atoms with E-state index in [-0.39, 0.29) is 0 Å². The molecule has 0 N–H and O–H groups in total. The first-order valence-electron chi connectivity index (χ1n) is 6.17. The van der Waals surface area contributed by atoms with E-state index in [1.165, 1.54) is 0 Å². The van der Waals surface area contributed by atoms with Crippen molar-refractivity contribution in [3.63, 3.8) is 0 Å². The highest BCUT2D eigenvalue weighted by Gasteiger charge is 2.20. The summed E-state index contributed by atoms with van der Waals surface area (Å²) in [6.45, 7) is 3.66.